The van der Waals surface area contributed by atoms with E-state index in [1.54, 1.807) is 4.68 Å². The van der Waals surface area contributed by atoms with Crippen molar-refractivity contribution in [2.24, 2.45) is 0 Å². The van der Waals surface area contributed by atoms with Gasteiger partial charge in [0.15, 0.2) is 5.82 Å². The van der Waals surface area contributed by atoms with Crippen molar-refractivity contribution in [1.29, 1.82) is 0 Å². The molecule has 3 aromatic rings. The van der Waals surface area contributed by atoms with E-state index in [9.17, 15) is 0 Å². The second-order valence-corrected chi connectivity index (χ2v) is 7.63. The number of para-hydroxylation sites is 1. The summed E-state index contributed by atoms with van der Waals surface area (Å²) in [6, 6.07) is 14.2. The summed E-state index contributed by atoms with van der Waals surface area (Å²) in [5, 5.41) is 15.6. The van der Waals surface area contributed by atoms with Gasteiger partial charge in [0.05, 0.1) is 5.52 Å². The maximum atomic E-state index is 4.75. The van der Waals surface area contributed by atoms with Gasteiger partial charge in [0.2, 0.25) is 0 Å². The molecular weight excluding hydrogens is 324 g/mol. The van der Waals surface area contributed by atoms with Gasteiger partial charge in [0.1, 0.15) is 11.3 Å². The quantitative estimate of drug-likeness (QED) is 0.677. The van der Waals surface area contributed by atoms with Crippen molar-refractivity contribution in [2.75, 3.05) is 11.9 Å². The van der Waals surface area contributed by atoms with E-state index >= 15 is 0 Å². The number of benzene rings is 1. The largest absolute Gasteiger partial charge is 0.366 e. The fourth-order valence-electron chi connectivity index (χ4n) is 2.87. The van der Waals surface area contributed by atoms with Gasteiger partial charge >= 0.3 is 0 Å². The third kappa shape index (κ3) is 4.58. The van der Waals surface area contributed by atoms with Gasteiger partial charge in [-0.05, 0) is 51.5 Å². The zero-order chi connectivity index (χ0) is 18.6. The Morgan fingerprint density at radius 1 is 1.08 bits per heavy atom. The van der Waals surface area contributed by atoms with Gasteiger partial charge in [0.25, 0.3) is 0 Å². The third-order valence-corrected chi connectivity index (χ3v) is 4.17. The molecule has 0 aliphatic carbocycles. The Balaban J connectivity index is 1.79. The van der Waals surface area contributed by atoms with Crippen LogP contribution in [-0.4, -0.2) is 38.1 Å². The van der Waals surface area contributed by atoms with Gasteiger partial charge in [-0.15, -0.1) is 5.10 Å². The zero-order valence-corrected chi connectivity index (χ0v) is 16.0. The SMILES string of the molecule is CCCC(CNC(C)(C)C)Nc1cccc(-n2nnc3ccccc32)n1. The number of pyridine rings is 1. The van der Waals surface area contributed by atoms with Crippen molar-refractivity contribution in [3.63, 3.8) is 0 Å². The Morgan fingerprint density at radius 2 is 1.88 bits per heavy atom. The zero-order valence-electron chi connectivity index (χ0n) is 16.0. The normalized spacial score (nSPS) is 13.1. The fraction of sp³-hybridized carbons (Fsp3) is 0.450. The second-order valence-electron chi connectivity index (χ2n) is 7.63. The Morgan fingerprint density at radius 3 is 2.65 bits per heavy atom. The molecule has 6 nitrogen and oxygen atoms in total. The van der Waals surface area contributed by atoms with Crippen molar-refractivity contribution in [2.45, 2.75) is 52.1 Å². The summed E-state index contributed by atoms with van der Waals surface area (Å²) in [5.41, 5.74) is 1.92. The van der Waals surface area contributed by atoms with Crippen molar-refractivity contribution < 1.29 is 0 Å². The number of aromatic nitrogens is 4. The monoisotopic (exact) mass is 352 g/mol. The molecule has 0 spiro atoms. The number of anilines is 1. The molecule has 1 unspecified atom stereocenters. The number of fused-ring (bicyclic) bond motifs is 1. The summed E-state index contributed by atoms with van der Waals surface area (Å²) >= 11 is 0. The lowest BCUT2D eigenvalue weighted by Crippen LogP contribution is -2.43. The van der Waals surface area contributed by atoms with Crippen LogP contribution in [0.1, 0.15) is 40.5 Å². The first kappa shape index (κ1) is 18.3. The Labute approximate surface area is 155 Å². The van der Waals surface area contributed by atoms with E-state index in [0.717, 1.165) is 42.1 Å². The van der Waals surface area contributed by atoms with Crippen LogP contribution in [-0.2, 0) is 0 Å². The Kier molecular flexibility index (Phi) is 5.52. The number of nitrogens with zero attached hydrogens (tertiary/aromatic N) is 4. The van der Waals surface area contributed by atoms with Crippen molar-refractivity contribution >= 4 is 16.9 Å². The molecule has 0 radical (unpaired) electrons. The minimum absolute atomic E-state index is 0.0998. The summed E-state index contributed by atoms with van der Waals surface area (Å²) < 4.78 is 1.78. The van der Waals surface area contributed by atoms with Gasteiger partial charge in [-0.25, -0.2) is 4.98 Å². The second kappa shape index (κ2) is 7.83. The van der Waals surface area contributed by atoms with E-state index in [1.807, 2.05) is 42.5 Å². The fourth-order valence-corrected chi connectivity index (χ4v) is 2.87. The number of rotatable bonds is 7. The predicted octanol–water partition coefficient (Wildman–Crippen LogP) is 3.78. The molecular formula is C20H28N6. The molecule has 2 heterocycles. The molecule has 1 atom stereocenters. The topological polar surface area (TPSA) is 67.7 Å². The highest BCUT2D eigenvalue weighted by atomic mass is 15.4. The summed E-state index contributed by atoms with van der Waals surface area (Å²) in [6.45, 7) is 9.66. The molecule has 0 saturated carbocycles. The smallest absolute Gasteiger partial charge is 0.158 e. The molecule has 0 fully saturated rings. The number of hydrogen-bond acceptors (Lipinski definition) is 5. The lowest BCUT2D eigenvalue weighted by Gasteiger charge is -2.26. The molecule has 26 heavy (non-hydrogen) atoms. The summed E-state index contributed by atoms with van der Waals surface area (Å²) in [5.74, 6) is 1.62. The van der Waals surface area contributed by atoms with Gasteiger partial charge in [-0.3, -0.25) is 0 Å². The summed E-state index contributed by atoms with van der Waals surface area (Å²) in [6.07, 6.45) is 2.21. The van der Waals surface area contributed by atoms with Crippen LogP contribution in [0.3, 0.4) is 0 Å². The molecule has 6 heteroatoms. The van der Waals surface area contributed by atoms with Crippen LogP contribution in [0.15, 0.2) is 42.5 Å². The van der Waals surface area contributed by atoms with Crippen LogP contribution >= 0.6 is 0 Å². The predicted molar refractivity (Wildman–Crippen MR) is 107 cm³/mol. The van der Waals surface area contributed by atoms with E-state index < -0.39 is 0 Å². The molecule has 0 bridgehead atoms. The first-order chi connectivity index (χ1) is 12.5. The molecule has 3 rings (SSSR count). The molecule has 1 aromatic carbocycles. The summed E-state index contributed by atoms with van der Waals surface area (Å²) in [7, 11) is 0. The highest BCUT2D eigenvalue weighted by molar-refractivity contribution is 5.75. The maximum Gasteiger partial charge on any atom is 0.158 e. The lowest BCUT2D eigenvalue weighted by molar-refractivity contribution is 0.405. The molecule has 0 saturated heterocycles. The van der Waals surface area contributed by atoms with Gasteiger partial charge in [-0.2, -0.15) is 4.68 Å². The third-order valence-electron chi connectivity index (χ3n) is 4.17. The average molecular weight is 352 g/mol. The highest BCUT2D eigenvalue weighted by Gasteiger charge is 2.15. The van der Waals surface area contributed by atoms with E-state index in [1.165, 1.54) is 0 Å². The van der Waals surface area contributed by atoms with Crippen LogP contribution in [0.4, 0.5) is 5.82 Å². The van der Waals surface area contributed by atoms with Crippen molar-refractivity contribution in [3.05, 3.63) is 42.5 Å². The van der Waals surface area contributed by atoms with E-state index in [2.05, 4.69) is 48.6 Å². The Bertz CT molecular complexity index is 849. The van der Waals surface area contributed by atoms with Crippen LogP contribution in [0.25, 0.3) is 16.9 Å². The van der Waals surface area contributed by atoms with Gasteiger partial charge < -0.3 is 10.6 Å². The lowest BCUT2D eigenvalue weighted by atomic mass is 10.1. The molecule has 0 amide bonds. The van der Waals surface area contributed by atoms with Gasteiger partial charge in [-0.1, -0.05) is 36.8 Å². The van der Waals surface area contributed by atoms with Crippen molar-refractivity contribution in [3.8, 4) is 5.82 Å². The van der Waals surface area contributed by atoms with E-state index in [0.29, 0.717) is 6.04 Å². The first-order valence-electron chi connectivity index (χ1n) is 9.26. The van der Waals surface area contributed by atoms with Crippen LogP contribution in [0.2, 0.25) is 0 Å². The minimum Gasteiger partial charge on any atom is -0.366 e. The highest BCUT2D eigenvalue weighted by Crippen LogP contribution is 2.17. The molecule has 2 aromatic heterocycles. The van der Waals surface area contributed by atoms with E-state index in [4.69, 9.17) is 4.98 Å². The van der Waals surface area contributed by atoms with Gasteiger partial charge in [0, 0.05) is 18.1 Å². The Hall–Kier alpha value is -2.47. The number of hydrogen-bond donors (Lipinski definition) is 2. The molecule has 2 N–H and O–H groups in total. The molecule has 138 valence electrons. The summed E-state index contributed by atoms with van der Waals surface area (Å²) in [4.78, 5) is 4.75. The molecule has 0 aliphatic heterocycles. The molecule has 0 aliphatic rings. The first-order valence-corrected chi connectivity index (χ1v) is 9.26. The average Bonchev–Trinajstić information content (AvgIpc) is 3.04. The maximum absolute atomic E-state index is 4.75. The minimum atomic E-state index is 0.0998. The van der Waals surface area contributed by atoms with Crippen LogP contribution in [0, 0.1) is 0 Å². The van der Waals surface area contributed by atoms with E-state index in [-0.39, 0.29) is 5.54 Å². The van der Waals surface area contributed by atoms with Crippen LogP contribution < -0.4 is 10.6 Å². The van der Waals surface area contributed by atoms with Crippen molar-refractivity contribution in [1.82, 2.24) is 25.3 Å². The number of nitrogens with one attached hydrogen (secondary N) is 2. The standard InChI is InChI=1S/C20H28N6/c1-5-9-15(14-21-20(2,3)4)22-18-12-8-13-19(23-18)26-17-11-7-6-10-16(17)24-25-26/h6-8,10-13,15,21H,5,9,14H2,1-4H3,(H,22,23). The van der Waals surface area contributed by atoms with Crippen LogP contribution in [0.5, 0.6) is 0 Å².